The molecule has 2 amide bonds. The summed E-state index contributed by atoms with van der Waals surface area (Å²) in [5.41, 5.74) is -0.837. The molecule has 9 heteroatoms. The van der Waals surface area contributed by atoms with Gasteiger partial charge in [-0.3, -0.25) is 14.5 Å². The predicted octanol–water partition coefficient (Wildman–Crippen LogP) is 3.33. The number of hydrogen-bond donors (Lipinski definition) is 1. The highest BCUT2D eigenvalue weighted by Gasteiger charge is 2.51. The Morgan fingerprint density at radius 3 is 2.35 bits per heavy atom. The van der Waals surface area contributed by atoms with Crippen molar-refractivity contribution in [3.8, 4) is 0 Å². The lowest BCUT2D eigenvalue weighted by Gasteiger charge is -2.47. The smallest absolute Gasteiger partial charge is 0.247 e. The summed E-state index contributed by atoms with van der Waals surface area (Å²) in [4.78, 5) is 28.2. The van der Waals surface area contributed by atoms with E-state index in [9.17, 15) is 18.0 Å². The van der Waals surface area contributed by atoms with Crippen molar-refractivity contribution in [3.63, 3.8) is 0 Å². The Bertz CT molecular complexity index is 898. The zero-order valence-corrected chi connectivity index (χ0v) is 19.8. The number of amides is 2. The molecular weight excluding hydrogens is 438 g/mol. The van der Waals surface area contributed by atoms with Gasteiger partial charge in [-0.2, -0.15) is 4.31 Å². The van der Waals surface area contributed by atoms with Gasteiger partial charge in [-0.1, -0.05) is 44.2 Å². The molecule has 0 radical (unpaired) electrons. The van der Waals surface area contributed by atoms with Gasteiger partial charge in [0.15, 0.2) is 0 Å². The Hall–Kier alpha value is -1.64. The number of rotatable bonds is 6. The van der Waals surface area contributed by atoms with E-state index in [2.05, 4.69) is 5.32 Å². The van der Waals surface area contributed by atoms with Gasteiger partial charge in [-0.15, -0.1) is 0 Å². The third kappa shape index (κ3) is 5.41. The van der Waals surface area contributed by atoms with E-state index in [1.807, 2.05) is 0 Å². The number of piperazine rings is 1. The van der Waals surface area contributed by atoms with E-state index < -0.39 is 21.5 Å². The number of nitrogens with one attached hydrogen (secondary N) is 1. The van der Waals surface area contributed by atoms with Crippen molar-refractivity contribution in [1.29, 1.82) is 0 Å². The van der Waals surface area contributed by atoms with E-state index in [1.165, 1.54) is 4.90 Å². The SMILES string of the molecule is CCCS(=O)(=O)N1CC(=O)N(c2ccc(Cl)cc2)[C@](C)(C(=O)NC2CCCCCC2)C1. The van der Waals surface area contributed by atoms with Crippen molar-refractivity contribution in [3.05, 3.63) is 29.3 Å². The molecule has 1 heterocycles. The standard InChI is InChI=1S/C22H32ClN3O4S/c1-3-14-31(29,30)25-15-20(27)26(19-12-10-17(23)11-13-19)22(2,16-25)21(28)24-18-8-6-4-5-7-9-18/h10-13,18H,3-9,14-16H2,1-2H3,(H,24,28)/t22-/m0/s1. The number of carbonyl (C=O) groups excluding carboxylic acids is 2. The molecule has 1 aliphatic heterocycles. The van der Waals surface area contributed by atoms with Crippen molar-refractivity contribution < 1.29 is 18.0 Å². The summed E-state index contributed by atoms with van der Waals surface area (Å²) in [5.74, 6) is -0.799. The average Bonchev–Trinajstić information content (AvgIpc) is 2.97. The zero-order chi connectivity index (χ0) is 22.6. The molecule has 0 aromatic heterocycles. The Kier molecular flexibility index (Phi) is 7.65. The van der Waals surface area contributed by atoms with Crippen molar-refractivity contribution in [2.45, 2.75) is 70.4 Å². The van der Waals surface area contributed by atoms with Gasteiger partial charge in [0.25, 0.3) is 0 Å². The van der Waals surface area contributed by atoms with Gasteiger partial charge in [0, 0.05) is 23.3 Å². The molecule has 1 aromatic rings. The molecule has 3 rings (SSSR count). The first-order valence-electron chi connectivity index (χ1n) is 11.0. The highest BCUT2D eigenvalue weighted by atomic mass is 35.5. The van der Waals surface area contributed by atoms with Crippen molar-refractivity contribution in [2.75, 3.05) is 23.7 Å². The van der Waals surface area contributed by atoms with E-state index >= 15 is 0 Å². The fraction of sp³-hybridized carbons (Fsp3) is 0.636. The third-order valence-corrected chi connectivity index (χ3v) is 8.38. The first-order valence-corrected chi connectivity index (χ1v) is 13.0. The third-order valence-electron chi connectivity index (χ3n) is 6.16. The molecule has 1 saturated carbocycles. The molecule has 1 aromatic carbocycles. The van der Waals surface area contributed by atoms with Gasteiger partial charge >= 0.3 is 0 Å². The van der Waals surface area contributed by atoms with Crippen LogP contribution in [0, 0.1) is 0 Å². The normalized spacial score (nSPS) is 24.1. The van der Waals surface area contributed by atoms with E-state index in [4.69, 9.17) is 11.6 Å². The van der Waals surface area contributed by atoms with Gasteiger partial charge in [-0.05, 0) is 50.5 Å². The van der Waals surface area contributed by atoms with Crippen LogP contribution >= 0.6 is 11.6 Å². The number of carbonyl (C=O) groups is 2. The summed E-state index contributed by atoms with van der Waals surface area (Å²) in [6, 6.07) is 6.74. The van der Waals surface area contributed by atoms with Crippen molar-refractivity contribution >= 4 is 39.1 Å². The minimum Gasteiger partial charge on any atom is -0.351 e. The minimum atomic E-state index is -3.64. The Morgan fingerprint density at radius 1 is 1.16 bits per heavy atom. The fourth-order valence-electron chi connectivity index (χ4n) is 4.51. The Labute approximate surface area is 190 Å². The van der Waals surface area contributed by atoms with Crippen LogP contribution in [0.1, 0.15) is 58.8 Å². The molecule has 1 saturated heterocycles. The monoisotopic (exact) mass is 469 g/mol. The van der Waals surface area contributed by atoms with Crippen LogP contribution in [0.4, 0.5) is 5.69 Å². The van der Waals surface area contributed by atoms with Gasteiger partial charge in [-0.25, -0.2) is 8.42 Å². The van der Waals surface area contributed by atoms with Gasteiger partial charge < -0.3 is 5.32 Å². The fourth-order valence-corrected chi connectivity index (χ4v) is 6.16. The van der Waals surface area contributed by atoms with Crippen LogP contribution in [-0.2, 0) is 19.6 Å². The van der Waals surface area contributed by atoms with Gasteiger partial charge in [0.2, 0.25) is 21.8 Å². The molecule has 31 heavy (non-hydrogen) atoms. The number of nitrogens with zero attached hydrogens (tertiary/aromatic N) is 2. The maximum absolute atomic E-state index is 13.6. The van der Waals surface area contributed by atoms with Crippen molar-refractivity contribution in [1.82, 2.24) is 9.62 Å². The van der Waals surface area contributed by atoms with E-state index in [0.29, 0.717) is 17.1 Å². The summed E-state index contributed by atoms with van der Waals surface area (Å²) in [5, 5.41) is 3.64. The molecule has 1 atom stereocenters. The number of benzene rings is 1. The molecular formula is C22H32ClN3O4S. The second kappa shape index (κ2) is 9.88. The topological polar surface area (TPSA) is 86.8 Å². The van der Waals surface area contributed by atoms with Crippen LogP contribution < -0.4 is 10.2 Å². The van der Waals surface area contributed by atoms with Crippen LogP contribution in [0.25, 0.3) is 0 Å². The lowest BCUT2D eigenvalue weighted by atomic mass is 9.93. The van der Waals surface area contributed by atoms with Gasteiger partial charge in [0.1, 0.15) is 5.54 Å². The maximum atomic E-state index is 13.6. The number of halogens is 1. The highest BCUT2D eigenvalue weighted by molar-refractivity contribution is 7.89. The molecule has 2 aliphatic rings. The molecule has 0 spiro atoms. The van der Waals surface area contributed by atoms with E-state index in [-0.39, 0.29) is 30.8 Å². The van der Waals surface area contributed by atoms with E-state index in [0.717, 1.165) is 42.8 Å². The summed E-state index contributed by atoms with van der Waals surface area (Å²) >= 11 is 6.01. The Balaban J connectivity index is 1.95. The zero-order valence-electron chi connectivity index (χ0n) is 18.3. The highest BCUT2D eigenvalue weighted by Crippen LogP contribution is 2.32. The lowest BCUT2D eigenvalue weighted by molar-refractivity contribution is -0.133. The first-order chi connectivity index (χ1) is 14.7. The summed E-state index contributed by atoms with van der Waals surface area (Å²) in [7, 11) is -3.64. The summed E-state index contributed by atoms with van der Waals surface area (Å²) in [6.45, 7) is 3.07. The number of hydrogen-bond acceptors (Lipinski definition) is 4. The van der Waals surface area contributed by atoms with Crippen LogP contribution in [0.3, 0.4) is 0 Å². The largest absolute Gasteiger partial charge is 0.351 e. The molecule has 2 fully saturated rings. The minimum absolute atomic E-state index is 0.0385. The summed E-state index contributed by atoms with van der Waals surface area (Å²) in [6.07, 6.45) is 6.66. The van der Waals surface area contributed by atoms with Crippen LogP contribution in [0.5, 0.6) is 0 Å². The second-order valence-corrected chi connectivity index (χ2v) is 11.3. The van der Waals surface area contributed by atoms with Gasteiger partial charge in [0.05, 0.1) is 12.3 Å². The average molecular weight is 470 g/mol. The number of anilines is 1. The molecule has 1 aliphatic carbocycles. The first kappa shape index (κ1) is 24.0. The number of sulfonamides is 1. The maximum Gasteiger partial charge on any atom is 0.247 e. The van der Waals surface area contributed by atoms with Crippen LogP contribution in [-0.4, -0.2) is 55.0 Å². The van der Waals surface area contributed by atoms with Crippen LogP contribution in [0.15, 0.2) is 24.3 Å². The molecule has 172 valence electrons. The quantitative estimate of drug-likeness (QED) is 0.647. The predicted molar refractivity (Wildman–Crippen MR) is 123 cm³/mol. The molecule has 7 nitrogen and oxygen atoms in total. The second-order valence-electron chi connectivity index (χ2n) is 8.73. The lowest BCUT2D eigenvalue weighted by Crippen LogP contribution is -2.71. The Morgan fingerprint density at radius 2 is 1.77 bits per heavy atom. The molecule has 0 unspecified atom stereocenters. The van der Waals surface area contributed by atoms with Crippen molar-refractivity contribution in [2.24, 2.45) is 0 Å². The summed E-state index contributed by atoms with van der Waals surface area (Å²) < 4.78 is 26.7. The van der Waals surface area contributed by atoms with Crippen LogP contribution in [0.2, 0.25) is 5.02 Å². The molecule has 1 N–H and O–H groups in total. The molecule has 0 bridgehead atoms. The van der Waals surface area contributed by atoms with E-state index in [1.54, 1.807) is 38.1 Å².